The molecule has 5 nitrogen and oxygen atoms in total. The lowest BCUT2D eigenvalue weighted by molar-refractivity contribution is 0.0514. The molecular formula is C38H37NO4S. The van der Waals surface area contributed by atoms with Gasteiger partial charge in [0.25, 0.3) is 0 Å². The van der Waals surface area contributed by atoms with Crippen LogP contribution in [0.4, 0.5) is 0 Å². The number of Topliss-reactive ketones (excluding diaryl/α,β-unsaturated/α-hetero) is 1. The number of hydrogen-bond acceptors (Lipinski definition) is 5. The Kier molecular flexibility index (Phi) is 12.7. The van der Waals surface area contributed by atoms with Crippen molar-refractivity contribution in [3.05, 3.63) is 160 Å². The first-order valence-electron chi connectivity index (χ1n) is 14.8. The number of rotatable bonds is 12. The Bertz CT molecular complexity index is 1540. The SMILES string of the molecule is CCCCCCC(=NOC(=O)c1ccccc1)C(=O)c1ccc([SH]2C=CC=C2)cc1.O=C(c1ccccc1)c1ccccc1. The Labute approximate surface area is 262 Å². The van der Waals surface area contributed by atoms with E-state index >= 15 is 0 Å². The van der Waals surface area contributed by atoms with E-state index in [1.807, 2.05) is 103 Å². The Morgan fingerprint density at radius 2 is 1.14 bits per heavy atom. The summed E-state index contributed by atoms with van der Waals surface area (Å²) in [4.78, 5) is 43.4. The minimum atomic E-state index is -0.563. The molecule has 1 heterocycles. The number of thiol groups is 1. The van der Waals surface area contributed by atoms with Crippen molar-refractivity contribution in [3.8, 4) is 0 Å². The first-order chi connectivity index (χ1) is 21.6. The maximum absolute atomic E-state index is 13.0. The molecule has 0 aliphatic carbocycles. The first kappa shape index (κ1) is 32.1. The number of nitrogens with zero attached hydrogens (tertiary/aromatic N) is 1. The molecule has 0 amide bonds. The Morgan fingerprint density at radius 1 is 0.614 bits per heavy atom. The van der Waals surface area contributed by atoms with Crippen molar-refractivity contribution in [1.82, 2.24) is 0 Å². The summed E-state index contributed by atoms with van der Waals surface area (Å²) < 4.78 is 0. The van der Waals surface area contributed by atoms with Gasteiger partial charge in [-0.25, -0.2) is 4.79 Å². The van der Waals surface area contributed by atoms with Crippen LogP contribution in [0, 0.1) is 0 Å². The average molecular weight is 604 g/mol. The van der Waals surface area contributed by atoms with Crippen LogP contribution in [0.25, 0.3) is 0 Å². The lowest BCUT2D eigenvalue weighted by atomic mass is 10.0. The molecule has 0 unspecified atom stereocenters. The fourth-order valence-corrected chi connectivity index (χ4v) is 5.95. The minimum absolute atomic E-state index is 0.0752. The second kappa shape index (κ2) is 17.3. The Hall–Kier alpha value is -4.81. The predicted octanol–water partition coefficient (Wildman–Crippen LogP) is 9.37. The maximum atomic E-state index is 13.0. The largest absolute Gasteiger partial charge is 0.365 e. The zero-order valence-electron chi connectivity index (χ0n) is 24.8. The lowest BCUT2D eigenvalue weighted by Gasteiger charge is -2.11. The van der Waals surface area contributed by atoms with Crippen LogP contribution in [0.2, 0.25) is 0 Å². The molecule has 4 aromatic carbocycles. The van der Waals surface area contributed by atoms with Crippen molar-refractivity contribution in [2.45, 2.75) is 43.9 Å². The van der Waals surface area contributed by atoms with Gasteiger partial charge in [-0.1, -0.05) is 122 Å². The van der Waals surface area contributed by atoms with E-state index in [1.54, 1.807) is 24.3 Å². The molecule has 5 rings (SSSR count). The van der Waals surface area contributed by atoms with Gasteiger partial charge in [0.05, 0.1) is 5.56 Å². The molecule has 0 radical (unpaired) electrons. The summed E-state index contributed by atoms with van der Waals surface area (Å²) in [6.07, 6.45) is 8.64. The van der Waals surface area contributed by atoms with Gasteiger partial charge >= 0.3 is 5.97 Å². The number of ketones is 2. The highest BCUT2D eigenvalue weighted by molar-refractivity contribution is 8.22. The van der Waals surface area contributed by atoms with E-state index in [4.69, 9.17) is 4.84 Å². The molecule has 0 saturated heterocycles. The molecule has 0 atom stereocenters. The van der Waals surface area contributed by atoms with Crippen LogP contribution in [0.5, 0.6) is 0 Å². The summed E-state index contributed by atoms with van der Waals surface area (Å²) >= 11 is 0. The van der Waals surface area contributed by atoms with Crippen LogP contribution >= 0.6 is 10.9 Å². The number of oxime groups is 1. The van der Waals surface area contributed by atoms with E-state index < -0.39 is 16.9 Å². The maximum Gasteiger partial charge on any atom is 0.365 e. The zero-order chi connectivity index (χ0) is 31.0. The minimum Gasteiger partial charge on any atom is -0.312 e. The van der Waals surface area contributed by atoms with Crippen molar-refractivity contribution in [3.63, 3.8) is 0 Å². The van der Waals surface area contributed by atoms with Crippen molar-refractivity contribution >= 4 is 34.1 Å². The first-order valence-corrected chi connectivity index (χ1v) is 16.3. The second-order valence-electron chi connectivity index (χ2n) is 10.1. The van der Waals surface area contributed by atoms with Gasteiger partial charge in [-0.15, -0.1) is 0 Å². The van der Waals surface area contributed by atoms with Crippen molar-refractivity contribution < 1.29 is 19.2 Å². The van der Waals surface area contributed by atoms with E-state index in [9.17, 15) is 14.4 Å². The molecule has 44 heavy (non-hydrogen) atoms. The summed E-state index contributed by atoms with van der Waals surface area (Å²) in [5.41, 5.74) is 2.72. The smallest absolute Gasteiger partial charge is 0.312 e. The fraction of sp³-hybridized carbons (Fsp3) is 0.158. The molecule has 0 fully saturated rings. The monoisotopic (exact) mass is 603 g/mol. The average Bonchev–Trinajstić information content (AvgIpc) is 3.64. The molecule has 4 aromatic rings. The van der Waals surface area contributed by atoms with E-state index in [1.165, 1.54) is 4.90 Å². The number of unbranched alkanes of at least 4 members (excludes halogenated alkanes) is 3. The third-order valence-electron chi connectivity index (χ3n) is 6.88. The highest BCUT2D eigenvalue weighted by Gasteiger charge is 2.17. The summed E-state index contributed by atoms with van der Waals surface area (Å²) in [6, 6.07) is 34.9. The summed E-state index contributed by atoms with van der Waals surface area (Å²) in [5, 5.41) is 8.33. The molecule has 0 bridgehead atoms. The van der Waals surface area contributed by atoms with Gasteiger partial charge in [-0.3, -0.25) is 9.59 Å². The molecule has 0 aromatic heterocycles. The molecule has 0 N–H and O–H groups in total. The van der Waals surface area contributed by atoms with Gasteiger partial charge in [-0.2, -0.15) is 10.9 Å². The molecular weight excluding hydrogens is 566 g/mol. The van der Waals surface area contributed by atoms with Crippen molar-refractivity contribution in [2.75, 3.05) is 0 Å². The van der Waals surface area contributed by atoms with Crippen LogP contribution in [0.15, 0.2) is 148 Å². The molecule has 6 heteroatoms. The molecule has 224 valence electrons. The molecule has 1 aliphatic heterocycles. The molecule has 1 aliphatic rings. The van der Waals surface area contributed by atoms with Gasteiger partial charge in [0.15, 0.2) is 5.78 Å². The van der Waals surface area contributed by atoms with Crippen LogP contribution in [-0.4, -0.2) is 23.2 Å². The molecule has 0 saturated carbocycles. The Balaban J connectivity index is 0.000000262. The highest BCUT2D eigenvalue weighted by Crippen LogP contribution is 2.41. The van der Waals surface area contributed by atoms with Crippen LogP contribution in [0.1, 0.15) is 75.7 Å². The van der Waals surface area contributed by atoms with Gasteiger partial charge < -0.3 is 4.84 Å². The van der Waals surface area contributed by atoms with Crippen LogP contribution in [0.3, 0.4) is 0 Å². The zero-order valence-corrected chi connectivity index (χ0v) is 25.7. The summed E-state index contributed by atoms with van der Waals surface area (Å²) in [5.74, 6) is -0.678. The van der Waals surface area contributed by atoms with E-state index in [2.05, 4.69) is 22.9 Å². The van der Waals surface area contributed by atoms with Crippen LogP contribution < -0.4 is 0 Å². The predicted molar refractivity (Wildman–Crippen MR) is 181 cm³/mol. The van der Waals surface area contributed by atoms with Gasteiger partial charge in [-0.05, 0) is 65.0 Å². The van der Waals surface area contributed by atoms with Crippen LogP contribution in [-0.2, 0) is 4.84 Å². The number of carbonyl (C=O) groups is 3. The third-order valence-corrected chi connectivity index (χ3v) is 8.76. The fourth-order valence-electron chi connectivity index (χ4n) is 4.45. The van der Waals surface area contributed by atoms with Gasteiger partial charge in [0.1, 0.15) is 5.71 Å². The summed E-state index contributed by atoms with van der Waals surface area (Å²) in [6.45, 7) is 2.14. The standard InChI is InChI=1S/C25H27NO3S.C13H10O/c1-2-3-4-8-13-23(26-29-25(28)21-11-6-5-7-12-21)24(27)20-14-16-22(17-15-20)30-18-9-10-19-30;14-13(11-7-3-1-4-8-11)12-9-5-2-6-10-12/h5-7,9-12,14-19,30H,2-4,8,13H2,1H3;1-10H. The lowest BCUT2D eigenvalue weighted by Crippen LogP contribution is -2.16. The number of allylic oxidation sites excluding steroid dienone is 2. The quantitative estimate of drug-likeness (QED) is 0.0437. The van der Waals surface area contributed by atoms with Gasteiger partial charge in [0.2, 0.25) is 5.78 Å². The number of hydrogen-bond donors (Lipinski definition) is 1. The van der Waals surface area contributed by atoms with E-state index in [0.29, 0.717) is 17.5 Å². The van der Waals surface area contributed by atoms with Gasteiger partial charge in [0, 0.05) is 16.7 Å². The van der Waals surface area contributed by atoms with Crippen molar-refractivity contribution in [2.24, 2.45) is 5.16 Å². The number of carbonyl (C=O) groups excluding carboxylic acids is 3. The normalized spacial score (nSPS) is 12.8. The van der Waals surface area contributed by atoms with E-state index in [0.717, 1.165) is 36.8 Å². The van der Waals surface area contributed by atoms with Crippen molar-refractivity contribution in [1.29, 1.82) is 0 Å². The Morgan fingerprint density at radius 3 is 1.66 bits per heavy atom. The third kappa shape index (κ3) is 9.61. The van der Waals surface area contributed by atoms with E-state index in [-0.39, 0.29) is 17.3 Å². The number of benzene rings is 4. The molecule has 0 spiro atoms. The topological polar surface area (TPSA) is 72.8 Å². The summed E-state index contributed by atoms with van der Waals surface area (Å²) in [7, 11) is -0.414. The second-order valence-corrected chi connectivity index (χ2v) is 12.0. The highest BCUT2D eigenvalue weighted by atomic mass is 32.2.